The van der Waals surface area contributed by atoms with Crippen molar-refractivity contribution in [2.45, 2.75) is 6.54 Å². The Hall–Kier alpha value is -0.550. The average molecular weight is 335 g/mol. The van der Waals surface area contributed by atoms with E-state index in [9.17, 15) is 0 Å². The molecule has 1 aliphatic heterocycles. The number of nitrogens with two attached hydrogens (primary N) is 1. The Morgan fingerprint density at radius 2 is 2.00 bits per heavy atom. The molecule has 0 unspecified atom stereocenters. The van der Waals surface area contributed by atoms with Gasteiger partial charge >= 0.3 is 0 Å². The van der Waals surface area contributed by atoms with Crippen molar-refractivity contribution >= 4 is 38.9 Å². The van der Waals surface area contributed by atoms with Gasteiger partial charge in [-0.05, 0) is 17.7 Å². The van der Waals surface area contributed by atoms with E-state index in [0.717, 1.165) is 24.1 Å². The highest BCUT2D eigenvalue weighted by atomic mass is 79.9. The molecule has 0 atom stereocenters. The van der Waals surface area contributed by atoms with Gasteiger partial charge in [0.15, 0.2) is 5.96 Å². The Morgan fingerprint density at radius 3 is 2.53 bits per heavy atom. The summed E-state index contributed by atoms with van der Waals surface area (Å²) in [6.45, 7) is 2.60. The van der Waals surface area contributed by atoms with E-state index in [4.69, 9.17) is 5.73 Å². The molecule has 0 amide bonds. The molecule has 1 aliphatic rings. The van der Waals surface area contributed by atoms with Gasteiger partial charge in [0.25, 0.3) is 0 Å². The molecule has 2 N–H and O–H groups in total. The van der Waals surface area contributed by atoms with E-state index in [2.05, 4.69) is 38.0 Å². The van der Waals surface area contributed by atoms with Gasteiger partial charge in [0.05, 0.1) is 6.54 Å². The maximum atomic E-state index is 5.72. The third kappa shape index (κ3) is 3.21. The molecular formula is C10H13Br2N3. The Morgan fingerprint density at radius 1 is 1.33 bits per heavy atom. The molecule has 0 aliphatic carbocycles. The number of nitrogens with zero attached hydrogens (tertiary/aromatic N) is 2. The number of hydrogen-bond donors (Lipinski definition) is 1. The number of halogens is 2. The number of hydrogen-bond acceptors (Lipinski definition) is 3. The summed E-state index contributed by atoms with van der Waals surface area (Å²) in [7, 11) is 0. The van der Waals surface area contributed by atoms with Crippen LogP contribution >= 0.6 is 32.9 Å². The van der Waals surface area contributed by atoms with Crippen molar-refractivity contribution in [1.82, 2.24) is 4.90 Å². The SMILES string of the molecule is Br.NC1=NCCN1Cc1ccc(Br)cc1. The van der Waals surface area contributed by atoms with Crippen molar-refractivity contribution in [3.63, 3.8) is 0 Å². The maximum Gasteiger partial charge on any atom is 0.191 e. The van der Waals surface area contributed by atoms with Gasteiger partial charge < -0.3 is 10.6 Å². The Bertz CT molecular complexity index is 348. The maximum absolute atomic E-state index is 5.72. The zero-order chi connectivity index (χ0) is 9.97. The molecule has 0 radical (unpaired) electrons. The van der Waals surface area contributed by atoms with Crippen LogP contribution in [0.4, 0.5) is 0 Å². The standard InChI is InChI=1S/C10H12BrN3.BrH/c11-9-3-1-8(2-4-9)7-14-6-5-13-10(14)12;/h1-4H,5-7H2,(H2,12,13);1H. The molecule has 5 heteroatoms. The van der Waals surface area contributed by atoms with E-state index in [1.165, 1.54) is 5.56 Å². The highest BCUT2D eigenvalue weighted by molar-refractivity contribution is 9.10. The second-order valence-electron chi connectivity index (χ2n) is 3.29. The van der Waals surface area contributed by atoms with Crippen molar-refractivity contribution in [1.29, 1.82) is 0 Å². The summed E-state index contributed by atoms with van der Waals surface area (Å²) in [4.78, 5) is 6.23. The molecule has 3 nitrogen and oxygen atoms in total. The number of aliphatic imine (C=N–C) groups is 1. The van der Waals surface area contributed by atoms with Crippen LogP contribution in [0.1, 0.15) is 5.56 Å². The highest BCUT2D eigenvalue weighted by Gasteiger charge is 2.12. The van der Waals surface area contributed by atoms with Crippen LogP contribution in [-0.2, 0) is 6.54 Å². The van der Waals surface area contributed by atoms with Crippen LogP contribution in [-0.4, -0.2) is 23.9 Å². The van der Waals surface area contributed by atoms with Gasteiger partial charge in [-0.3, -0.25) is 4.99 Å². The van der Waals surface area contributed by atoms with Crippen LogP contribution in [0.15, 0.2) is 33.7 Å². The smallest absolute Gasteiger partial charge is 0.191 e. The van der Waals surface area contributed by atoms with Gasteiger partial charge in [-0.15, -0.1) is 17.0 Å². The third-order valence-corrected chi connectivity index (χ3v) is 2.78. The highest BCUT2D eigenvalue weighted by Crippen LogP contribution is 2.13. The summed E-state index contributed by atoms with van der Waals surface area (Å²) >= 11 is 3.41. The minimum absolute atomic E-state index is 0. The first-order valence-electron chi connectivity index (χ1n) is 4.55. The lowest BCUT2D eigenvalue weighted by molar-refractivity contribution is 0.448. The Kier molecular flexibility index (Phi) is 4.60. The van der Waals surface area contributed by atoms with E-state index in [1.54, 1.807) is 0 Å². The molecule has 0 aromatic heterocycles. The monoisotopic (exact) mass is 333 g/mol. The van der Waals surface area contributed by atoms with Gasteiger partial charge in [-0.2, -0.15) is 0 Å². The number of guanidine groups is 1. The lowest BCUT2D eigenvalue weighted by Crippen LogP contribution is -2.33. The second-order valence-corrected chi connectivity index (χ2v) is 4.20. The predicted molar refractivity (Wildman–Crippen MR) is 71.4 cm³/mol. The zero-order valence-electron chi connectivity index (χ0n) is 8.19. The van der Waals surface area contributed by atoms with Gasteiger partial charge in [-0.1, -0.05) is 28.1 Å². The van der Waals surface area contributed by atoms with Crippen LogP contribution in [0.3, 0.4) is 0 Å². The Labute approximate surface area is 108 Å². The molecule has 0 saturated heterocycles. The zero-order valence-corrected chi connectivity index (χ0v) is 11.5. The summed E-state index contributed by atoms with van der Waals surface area (Å²) in [5.41, 5.74) is 6.98. The van der Waals surface area contributed by atoms with Crippen molar-refractivity contribution in [3.05, 3.63) is 34.3 Å². The van der Waals surface area contributed by atoms with Crippen LogP contribution in [0.5, 0.6) is 0 Å². The quantitative estimate of drug-likeness (QED) is 0.900. The fourth-order valence-corrected chi connectivity index (χ4v) is 1.73. The van der Waals surface area contributed by atoms with Crippen LogP contribution in [0.25, 0.3) is 0 Å². The van der Waals surface area contributed by atoms with Crippen molar-refractivity contribution < 1.29 is 0 Å². The lowest BCUT2D eigenvalue weighted by Gasteiger charge is -2.17. The number of benzene rings is 1. The van der Waals surface area contributed by atoms with Gasteiger partial charge in [0.2, 0.25) is 0 Å². The molecule has 82 valence electrons. The average Bonchev–Trinajstić information content (AvgIpc) is 2.56. The molecule has 1 aromatic carbocycles. The van der Waals surface area contributed by atoms with Crippen molar-refractivity contribution in [2.75, 3.05) is 13.1 Å². The fourth-order valence-electron chi connectivity index (χ4n) is 1.47. The topological polar surface area (TPSA) is 41.6 Å². The van der Waals surface area contributed by atoms with Gasteiger partial charge in [0.1, 0.15) is 0 Å². The predicted octanol–water partition coefficient (Wildman–Crippen LogP) is 2.16. The summed E-state index contributed by atoms with van der Waals surface area (Å²) < 4.78 is 1.10. The second kappa shape index (κ2) is 5.51. The van der Waals surface area contributed by atoms with E-state index in [0.29, 0.717) is 5.96 Å². The minimum Gasteiger partial charge on any atom is -0.370 e. The molecule has 0 spiro atoms. The van der Waals surface area contributed by atoms with Crippen molar-refractivity contribution in [2.24, 2.45) is 10.7 Å². The van der Waals surface area contributed by atoms with E-state index >= 15 is 0 Å². The molecule has 15 heavy (non-hydrogen) atoms. The molecule has 0 saturated carbocycles. The van der Waals surface area contributed by atoms with Crippen LogP contribution in [0.2, 0.25) is 0 Å². The van der Waals surface area contributed by atoms with Gasteiger partial charge in [0, 0.05) is 17.6 Å². The molecule has 0 fully saturated rings. The summed E-state index contributed by atoms with van der Waals surface area (Å²) in [6.07, 6.45) is 0. The summed E-state index contributed by atoms with van der Waals surface area (Å²) in [6, 6.07) is 8.27. The lowest BCUT2D eigenvalue weighted by atomic mass is 10.2. The fraction of sp³-hybridized carbons (Fsp3) is 0.300. The van der Waals surface area contributed by atoms with E-state index < -0.39 is 0 Å². The normalized spacial score (nSPS) is 14.7. The Balaban J connectivity index is 0.00000112. The first-order chi connectivity index (χ1) is 6.75. The summed E-state index contributed by atoms with van der Waals surface area (Å²) in [5.74, 6) is 0.660. The van der Waals surface area contributed by atoms with Crippen LogP contribution < -0.4 is 5.73 Å². The molecule has 1 aromatic rings. The third-order valence-electron chi connectivity index (χ3n) is 2.25. The van der Waals surface area contributed by atoms with E-state index in [1.807, 2.05) is 12.1 Å². The van der Waals surface area contributed by atoms with Gasteiger partial charge in [-0.25, -0.2) is 0 Å². The molecule has 0 bridgehead atoms. The van der Waals surface area contributed by atoms with Crippen molar-refractivity contribution in [3.8, 4) is 0 Å². The number of rotatable bonds is 2. The first-order valence-corrected chi connectivity index (χ1v) is 5.34. The minimum atomic E-state index is 0. The molecule has 2 rings (SSSR count). The summed E-state index contributed by atoms with van der Waals surface area (Å²) in [5, 5.41) is 0. The van der Waals surface area contributed by atoms with Crippen LogP contribution in [0, 0.1) is 0 Å². The first kappa shape index (κ1) is 12.5. The largest absolute Gasteiger partial charge is 0.370 e. The van der Waals surface area contributed by atoms with E-state index in [-0.39, 0.29) is 17.0 Å². The molecular weight excluding hydrogens is 322 g/mol. The molecule has 1 heterocycles.